The van der Waals surface area contributed by atoms with Gasteiger partial charge in [-0.1, -0.05) is 0 Å². The Bertz CT molecular complexity index is 866. The molecule has 4 atom stereocenters. The van der Waals surface area contributed by atoms with E-state index in [9.17, 15) is 43.5 Å². The molecule has 0 radical (unpaired) electrons. The van der Waals surface area contributed by atoms with Crippen LogP contribution in [0.5, 0.6) is 0 Å². The minimum atomic E-state index is -1.52. The Morgan fingerprint density at radius 2 is 1.38 bits per heavy atom. The van der Waals surface area contributed by atoms with Gasteiger partial charge in [0, 0.05) is 6.42 Å². The standard InChI is InChI=1S/C20H32N6O11/c1-10(23-20(37)12(7-16(32)33)24-14(29)8-21-2)17(34)25-11(3-4-15(30)31)19(36)26-13(9-28)18(35)22-5-6-27/h6,10-13,21,28H,3-5,7-9H2,1-2H3,(H,22,35)(H,23,37)(H,24,29)(H,25,34)(H,26,36)(H,30,31)(H,32,33)/t10-,11-,12-,13-/m0/s1. The molecule has 37 heavy (non-hydrogen) atoms. The number of carbonyl (C=O) groups excluding carboxylic acids is 6. The van der Waals surface area contributed by atoms with Gasteiger partial charge < -0.3 is 52.0 Å². The SMILES string of the molecule is CNCC(=O)N[C@@H](CC(=O)O)C(=O)N[C@@H](C)C(=O)N[C@@H](CCC(=O)O)C(=O)N[C@@H](CO)C(=O)NCC=O. The summed E-state index contributed by atoms with van der Waals surface area (Å²) >= 11 is 0. The van der Waals surface area contributed by atoms with Crippen molar-refractivity contribution in [2.45, 2.75) is 50.4 Å². The minimum Gasteiger partial charge on any atom is -0.481 e. The Labute approximate surface area is 211 Å². The third kappa shape index (κ3) is 13.5. The van der Waals surface area contributed by atoms with E-state index in [0.29, 0.717) is 6.29 Å². The van der Waals surface area contributed by atoms with Crippen molar-refractivity contribution in [3.63, 3.8) is 0 Å². The van der Waals surface area contributed by atoms with Gasteiger partial charge in [-0.3, -0.25) is 33.6 Å². The van der Waals surface area contributed by atoms with Gasteiger partial charge in [-0.05, 0) is 20.4 Å². The van der Waals surface area contributed by atoms with Crippen molar-refractivity contribution >= 4 is 47.8 Å². The summed E-state index contributed by atoms with van der Waals surface area (Å²) in [5, 5.41) is 40.7. The van der Waals surface area contributed by atoms with Crippen molar-refractivity contribution in [2.24, 2.45) is 0 Å². The van der Waals surface area contributed by atoms with E-state index in [1.165, 1.54) is 14.0 Å². The first-order chi connectivity index (χ1) is 17.4. The summed E-state index contributed by atoms with van der Waals surface area (Å²) in [6.45, 7) is -0.273. The van der Waals surface area contributed by atoms with Crippen molar-refractivity contribution in [1.82, 2.24) is 31.9 Å². The first-order valence-corrected chi connectivity index (χ1v) is 11.0. The van der Waals surface area contributed by atoms with Crippen molar-refractivity contribution in [1.29, 1.82) is 0 Å². The topological polar surface area (TPSA) is 269 Å². The van der Waals surface area contributed by atoms with Gasteiger partial charge in [0.1, 0.15) is 30.5 Å². The fraction of sp³-hybridized carbons (Fsp3) is 0.600. The average molecular weight is 533 g/mol. The first kappa shape index (κ1) is 32.9. The zero-order chi connectivity index (χ0) is 28.5. The van der Waals surface area contributed by atoms with E-state index in [1.807, 2.05) is 0 Å². The maximum atomic E-state index is 12.6. The predicted molar refractivity (Wildman–Crippen MR) is 123 cm³/mol. The molecule has 0 aliphatic heterocycles. The molecule has 0 heterocycles. The molecule has 0 saturated carbocycles. The molecule has 0 aromatic heterocycles. The van der Waals surface area contributed by atoms with E-state index in [0.717, 1.165) is 0 Å². The molecule has 17 heteroatoms. The van der Waals surface area contributed by atoms with Crippen LogP contribution in [0.2, 0.25) is 0 Å². The lowest BCUT2D eigenvalue weighted by atomic mass is 10.1. The number of amides is 5. The molecule has 0 rings (SSSR count). The maximum absolute atomic E-state index is 12.6. The van der Waals surface area contributed by atoms with Gasteiger partial charge in [-0.2, -0.15) is 0 Å². The maximum Gasteiger partial charge on any atom is 0.305 e. The third-order valence-electron chi connectivity index (χ3n) is 4.57. The lowest BCUT2D eigenvalue weighted by molar-refractivity contribution is -0.141. The van der Waals surface area contributed by atoms with Crippen molar-refractivity contribution in [2.75, 3.05) is 26.7 Å². The molecule has 0 fully saturated rings. The van der Waals surface area contributed by atoms with Crippen LogP contribution in [0.15, 0.2) is 0 Å². The summed E-state index contributed by atoms with van der Waals surface area (Å²) in [6, 6.07) is -5.91. The highest BCUT2D eigenvalue weighted by molar-refractivity contribution is 5.96. The Balaban J connectivity index is 5.40. The summed E-state index contributed by atoms with van der Waals surface area (Å²) in [7, 11) is 1.45. The lowest BCUT2D eigenvalue weighted by Gasteiger charge is -2.24. The van der Waals surface area contributed by atoms with Crippen LogP contribution in [0.4, 0.5) is 0 Å². The molecule has 17 nitrogen and oxygen atoms in total. The number of nitrogens with one attached hydrogen (secondary N) is 6. The van der Waals surface area contributed by atoms with Crippen LogP contribution < -0.4 is 31.9 Å². The summed E-state index contributed by atoms with van der Waals surface area (Å²) in [6.07, 6.45) is -1.41. The quantitative estimate of drug-likeness (QED) is 0.0750. The second-order valence-corrected chi connectivity index (χ2v) is 7.63. The second-order valence-electron chi connectivity index (χ2n) is 7.63. The fourth-order valence-electron chi connectivity index (χ4n) is 2.73. The predicted octanol–water partition coefficient (Wildman–Crippen LogP) is -5.19. The zero-order valence-corrected chi connectivity index (χ0v) is 20.2. The summed E-state index contributed by atoms with van der Waals surface area (Å²) in [5.41, 5.74) is 0. The molecule has 208 valence electrons. The molecule has 9 N–H and O–H groups in total. The molecule has 0 aliphatic rings. The number of carboxylic acid groups (broad SMARTS) is 2. The molecule has 0 unspecified atom stereocenters. The number of hydrogen-bond acceptors (Lipinski definition) is 10. The monoisotopic (exact) mass is 532 g/mol. The Morgan fingerprint density at radius 1 is 0.784 bits per heavy atom. The number of aliphatic carboxylic acids is 2. The second kappa shape index (κ2) is 17.3. The van der Waals surface area contributed by atoms with Crippen molar-refractivity contribution in [3.05, 3.63) is 0 Å². The Kier molecular flexibility index (Phi) is 15.4. The van der Waals surface area contributed by atoms with Gasteiger partial charge in [0.25, 0.3) is 0 Å². The number of rotatable bonds is 18. The van der Waals surface area contributed by atoms with Crippen LogP contribution in [-0.2, 0) is 38.4 Å². The highest BCUT2D eigenvalue weighted by atomic mass is 16.4. The molecular weight excluding hydrogens is 500 g/mol. The number of likely N-dealkylation sites (N-methyl/N-ethyl adjacent to an activating group) is 1. The molecule has 0 aromatic carbocycles. The summed E-state index contributed by atoms with van der Waals surface area (Å²) in [4.78, 5) is 93.8. The number of aliphatic hydroxyl groups is 1. The number of aldehydes is 1. The first-order valence-electron chi connectivity index (χ1n) is 11.0. The number of aliphatic hydroxyl groups excluding tert-OH is 1. The molecule has 0 aromatic rings. The van der Waals surface area contributed by atoms with Gasteiger partial charge in [0.2, 0.25) is 29.5 Å². The fourth-order valence-corrected chi connectivity index (χ4v) is 2.73. The van der Waals surface area contributed by atoms with Crippen LogP contribution in [0.25, 0.3) is 0 Å². The molecule has 0 spiro atoms. The molecule has 0 saturated heterocycles. The van der Waals surface area contributed by atoms with Gasteiger partial charge >= 0.3 is 11.9 Å². The summed E-state index contributed by atoms with van der Waals surface area (Å²) < 4.78 is 0. The molecule has 5 amide bonds. The number of hydrogen-bond donors (Lipinski definition) is 9. The largest absolute Gasteiger partial charge is 0.481 e. The van der Waals surface area contributed by atoms with Crippen LogP contribution in [0, 0.1) is 0 Å². The lowest BCUT2D eigenvalue weighted by Crippen LogP contribution is -2.58. The van der Waals surface area contributed by atoms with E-state index in [2.05, 4.69) is 31.9 Å². The molecule has 0 bridgehead atoms. The van der Waals surface area contributed by atoms with Gasteiger partial charge in [0.15, 0.2) is 0 Å². The zero-order valence-electron chi connectivity index (χ0n) is 20.2. The van der Waals surface area contributed by atoms with Crippen LogP contribution >= 0.6 is 0 Å². The van der Waals surface area contributed by atoms with Crippen molar-refractivity contribution in [3.8, 4) is 0 Å². The average Bonchev–Trinajstić information content (AvgIpc) is 2.82. The molecule has 0 aliphatic carbocycles. The van der Waals surface area contributed by atoms with Crippen LogP contribution in [0.1, 0.15) is 26.2 Å². The van der Waals surface area contributed by atoms with E-state index in [-0.39, 0.29) is 13.1 Å². The normalized spacial score (nSPS) is 13.6. The van der Waals surface area contributed by atoms with E-state index in [1.54, 1.807) is 0 Å². The minimum absolute atomic E-state index is 0.207. The van der Waals surface area contributed by atoms with Gasteiger partial charge in [-0.15, -0.1) is 0 Å². The van der Waals surface area contributed by atoms with E-state index >= 15 is 0 Å². The Hall–Kier alpha value is -4.12. The van der Waals surface area contributed by atoms with Crippen LogP contribution in [-0.4, -0.2) is 114 Å². The highest BCUT2D eigenvalue weighted by Gasteiger charge is 2.30. The van der Waals surface area contributed by atoms with E-state index < -0.39 is 91.5 Å². The molecular formula is C20H32N6O11. The highest BCUT2D eigenvalue weighted by Crippen LogP contribution is 2.02. The number of carboxylic acids is 2. The number of carbonyl (C=O) groups is 8. The van der Waals surface area contributed by atoms with Gasteiger partial charge in [0.05, 0.1) is 26.1 Å². The van der Waals surface area contributed by atoms with E-state index in [4.69, 9.17) is 10.2 Å². The Morgan fingerprint density at radius 3 is 1.89 bits per heavy atom. The van der Waals surface area contributed by atoms with Crippen LogP contribution in [0.3, 0.4) is 0 Å². The van der Waals surface area contributed by atoms with Crippen molar-refractivity contribution < 1.29 is 53.7 Å². The van der Waals surface area contributed by atoms with Gasteiger partial charge in [-0.25, -0.2) is 0 Å². The third-order valence-corrected chi connectivity index (χ3v) is 4.57. The summed E-state index contributed by atoms with van der Waals surface area (Å²) in [5.74, 6) is -7.29. The smallest absolute Gasteiger partial charge is 0.305 e.